The first-order valence-corrected chi connectivity index (χ1v) is 7.08. The monoisotopic (exact) mass is 286 g/mol. The van der Waals surface area contributed by atoms with Crippen LogP contribution in [0.4, 0.5) is 0 Å². The number of ketones is 2. The maximum Gasteiger partial charge on any atom is 0.158 e. The molecule has 0 spiro atoms. The van der Waals surface area contributed by atoms with Crippen LogP contribution in [0.1, 0.15) is 56.8 Å². The number of carbonyl (C=O) groups is 2. The van der Waals surface area contributed by atoms with Gasteiger partial charge >= 0.3 is 0 Å². The van der Waals surface area contributed by atoms with Gasteiger partial charge in [-0.3, -0.25) is 9.59 Å². The number of rotatable bonds is 0. The minimum Gasteiger partial charge on any atom is -0.392 e. The molecule has 0 saturated heterocycles. The van der Waals surface area contributed by atoms with Crippen molar-refractivity contribution in [3.8, 4) is 0 Å². The standard InChI is InChI=1S/C8H16O2.C8H12O2.H2/c2*1-7(2)5(9)8(3,4)6(7)10;/h5-6,9-10H,1-4H3;1-4H3;1H. The topological polar surface area (TPSA) is 74.6 Å². The highest BCUT2D eigenvalue weighted by Crippen LogP contribution is 2.53. The van der Waals surface area contributed by atoms with Crippen LogP contribution in [0.2, 0.25) is 0 Å². The van der Waals surface area contributed by atoms with Crippen molar-refractivity contribution in [3.63, 3.8) is 0 Å². The molecule has 2 fully saturated rings. The van der Waals surface area contributed by atoms with Crippen LogP contribution in [-0.4, -0.2) is 34.0 Å². The van der Waals surface area contributed by atoms with E-state index in [1.165, 1.54) is 0 Å². The molecule has 0 unspecified atom stereocenters. The Bertz CT molecular complexity index is 379. The van der Waals surface area contributed by atoms with E-state index in [0.717, 1.165) is 0 Å². The van der Waals surface area contributed by atoms with Gasteiger partial charge in [-0.15, -0.1) is 0 Å². The Labute approximate surface area is 123 Å². The molecule has 2 rings (SSSR count). The normalized spacial score (nSPS) is 35.3. The summed E-state index contributed by atoms with van der Waals surface area (Å²) in [7, 11) is 0. The highest BCUT2D eigenvalue weighted by atomic mass is 16.3. The number of carbonyl (C=O) groups excluding carboxylic acids is 2. The molecule has 0 aromatic carbocycles. The quantitative estimate of drug-likeness (QED) is 0.670. The summed E-state index contributed by atoms with van der Waals surface area (Å²) >= 11 is 0. The Hall–Kier alpha value is -0.740. The summed E-state index contributed by atoms with van der Waals surface area (Å²) in [5.74, 6) is 0.120. The zero-order valence-electron chi connectivity index (χ0n) is 13.9. The third-order valence-electron chi connectivity index (χ3n) is 5.09. The first-order chi connectivity index (χ1) is 8.62. The van der Waals surface area contributed by atoms with Gasteiger partial charge in [0.15, 0.2) is 11.6 Å². The summed E-state index contributed by atoms with van der Waals surface area (Å²) in [4.78, 5) is 22.4. The first-order valence-electron chi connectivity index (χ1n) is 7.08. The van der Waals surface area contributed by atoms with E-state index in [4.69, 9.17) is 0 Å². The minimum absolute atomic E-state index is 0. The molecule has 118 valence electrons. The van der Waals surface area contributed by atoms with E-state index in [0.29, 0.717) is 0 Å². The Morgan fingerprint density at radius 1 is 0.700 bits per heavy atom. The molecular weight excluding hydrogens is 256 g/mol. The predicted octanol–water partition coefficient (Wildman–Crippen LogP) is 2.21. The Balaban J connectivity index is 0.000000364. The van der Waals surface area contributed by atoms with Gasteiger partial charge in [-0.1, -0.05) is 27.7 Å². The molecule has 4 nitrogen and oxygen atoms in total. The molecule has 0 radical (unpaired) electrons. The van der Waals surface area contributed by atoms with E-state index >= 15 is 0 Å². The Kier molecular flexibility index (Phi) is 3.79. The number of aliphatic hydroxyl groups excluding tert-OH is 2. The smallest absolute Gasteiger partial charge is 0.158 e. The molecule has 4 heteroatoms. The van der Waals surface area contributed by atoms with Crippen molar-refractivity contribution >= 4 is 11.6 Å². The maximum absolute atomic E-state index is 11.2. The second-order valence-corrected chi connectivity index (χ2v) is 8.36. The van der Waals surface area contributed by atoms with Crippen molar-refractivity contribution in [2.75, 3.05) is 0 Å². The third kappa shape index (κ3) is 2.04. The molecule has 0 aromatic rings. The zero-order valence-corrected chi connectivity index (χ0v) is 13.9. The lowest BCUT2D eigenvalue weighted by Gasteiger charge is -2.59. The lowest BCUT2D eigenvalue weighted by Crippen LogP contribution is -2.67. The molecular formula is C16H30O4. The van der Waals surface area contributed by atoms with Crippen molar-refractivity contribution in [2.45, 2.75) is 67.6 Å². The van der Waals surface area contributed by atoms with Crippen LogP contribution < -0.4 is 0 Å². The molecule has 0 bridgehead atoms. The zero-order chi connectivity index (χ0) is 16.3. The molecule has 0 aliphatic heterocycles. The van der Waals surface area contributed by atoms with E-state index in [9.17, 15) is 19.8 Å². The van der Waals surface area contributed by atoms with E-state index in [-0.39, 0.29) is 36.0 Å². The van der Waals surface area contributed by atoms with Gasteiger partial charge in [0, 0.05) is 12.3 Å². The fraction of sp³-hybridized carbons (Fsp3) is 0.875. The molecule has 0 atom stereocenters. The summed E-state index contributed by atoms with van der Waals surface area (Å²) in [6, 6.07) is 0. The summed E-state index contributed by atoms with van der Waals surface area (Å²) in [5, 5.41) is 19.0. The molecule has 0 amide bonds. The van der Waals surface area contributed by atoms with E-state index in [2.05, 4.69) is 0 Å². The van der Waals surface area contributed by atoms with E-state index < -0.39 is 10.8 Å². The lowest BCUT2D eigenvalue weighted by atomic mass is 9.51. The highest BCUT2D eigenvalue weighted by molar-refractivity contribution is 6.29. The van der Waals surface area contributed by atoms with Crippen LogP contribution in [0.5, 0.6) is 0 Å². The van der Waals surface area contributed by atoms with Crippen LogP contribution in [0.3, 0.4) is 0 Å². The van der Waals surface area contributed by atoms with Crippen LogP contribution in [0.25, 0.3) is 0 Å². The SMILES string of the molecule is CC1(C)C(=O)C(C)(C)C1=O.CC1(C)C(O)C(C)(C)C1O.[HH]. The summed E-state index contributed by atoms with van der Waals surface area (Å²) in [6.07, 6.45) is -0.759. The van der Waals surface area contributed by atoms with Gasteiger partial charge in [-0.05, 0) is 27.7 Å². The maximum atomic E-state index is 11.2. The Morgan fingerprint density at radius 2 is 0.900 bits per heavy atom. The van der Waals surface area contributed by atoms with Crippen LogP contribution in [0, 0.1) is 21.7 Å². The largest absolute Gasteiger partial charge is 0.392 e. The Morgan fingerprint density at radius 3 is 1.00 bits per heavy atom. The fourth-order valence-electron chi connectivity index (χ4n) is 3.83. The van der Waals surface area contributed by atoms with Crippen LogP contribution >= 0.6 is 0 Å². The molecule has 2 N–H and O–H groups in total. The number of hydrogen-bond donors (Lipinski definition) is 2. The van der Waals surface area contributed by atoms with E-state index in [1.54, 1.807) is 27.7 Å². The molecule has 20 heavy (non-hydrogen) atoms. The number of hydrogen-bond acceptors (Lipinski definition) is 4. The molecule has 2 aliphatic rings. The van der Waals surface area contributed by atoms with Gasteiger partial charge in [-0.2, -0.15) is 0 Å². The second-order valence-electron chi connectivity index (χ2n) is 8.36. The second kappa shape index (κ2) is 4.38. The molecule has 0 aromatic heterocycles. The van der Waals surface area contributed by atoms with Gasteiger partial charge < -0.3 is 10.2 Å². The summed E-state index contributed by atoms with van der Waals surface area (Å²) < 4.78 is 0. The van der Waals surface area contributed by atoms with Gasteiger partial charge in [0.25, 0.3) is 0 Å². The van der Waals surface area contributed by atoms with Crippen LogP contribution in [0.15, 0.2) is 0 Å². The highest BCUT2D eigenvalue weighted by Gasteiger charge is 2.61. The van der Waals surface area contributed by atoms with Crippen molar-refractivity contribution in [2.24, 2.45) is 21.7 Å². The van der Waals surface area contributed by atoms with Gasteiger partial charge in [0.05, 0.1) is 23.0 Å². The molecule has 2 aliphatic carbocycles. The first kappa shape index (κ1) is 17.3. The van der Waals surface area contributed by atoms with Crippen molar-refractivity contribution in [1.82, 2.24) is 0 Å². The summed E-state index contributed by atoms with van der Waals surface area (Å²) in [6.45, 7) is 14.3. The average Bonchev–Trinajstić information content (AvgIpc) is 2.35. The predicted molar refractivity (Wildman–Crippen MR) is 79.3 cm³/mol. The van der Waals surface area contributed by atoms with Crippen molar-refractivity contribution in [1.29, 1.82) is 0 Å². The minimum atomic E-state index is -0.705. The van der Waals surface area contributed by atoms with Gasteiger partial charge in [0.1, 0.15) is 0 Å². The molecule has 2 saturated carbocycles. The fourth-order valence-corrected chi connectivity index (χ4v) is 3.83. The number of aliphatic hydroxyl groups is 2. The summed E-state index contributed by atoms with van der Waals surface area (Å²) in [5.41, 5.74) is -2.04. The van der Waals surface area contributed by atoms with Crippen LogP contribution in [-0.2, 0) is 9.59 Å². The van der Waals surface area contributed by atoms with Gasteiger partial charge in [-0.25, -0.2) is 0 Å². The third-order valence-corrected chi connectivity index (χ3v) is 5.09. The number of Topliss-reactive ketones (excluding diaryl/α,β-unsaturated/α-hetero) is 2. The lowest BCUT2D eigenvalue weighted by molar-refractivity contribution is -0.247. The van der Waals surface area contributed by atoms with Gasteiger partial charge in [0.2, 0.25) is 0 Å². The van der Waals surface area contributed by atoms with E-state index in [1.807, 2.05) is 27.7 Å². The van der Waals surface area contributed by atoms with Crippen molar-refractivity contribution < 1.29 is 21.2 Å². The average molecular weight is 286 g/mol. The van der Waals surface area contributed by atoms with Crippen molar-refractivity contribution in [3.05, 3.63) is 0 Å². The molecule has 0 heterocycles.